The fourth-order valence-corrected chi connectivity index (χ4v) is 2.52. The van der Waals surface area contributed by atoms with E-state index in [9.17, 15) is 8.78 Å². The first-order chi connectivity index (χ1) is 12.0. The van der Waals surface area contributed by atoms with Crippen molar-refractivity contribution in [3.05, 3.63) is 82.1 Å². The van der Waals surface area contributed by atoms with Crippen LogP contribution >= 0.6 is 23.2 Å². The summed E-state index contributed by atoms with van der Waals surface area (Å²) < 4.78 is 32.6. The molecule has 0 radical (unpaired) electrons. The predicted molar refractivity (Wildman–Crippen MR) is 94.5 cm³/mol. The SMILES string of the molecule is Fc1ccc(Oc2ccc(F)c(Cl)c2)c(CNc2ccncc2Cl)c1. The van der Waals surface area contributed by atoms with Crippen molar-refractivity contribution in [2.75, 3.05) is 5.32 Å². The molecular formula is C18H12Cl2F2N2O. The van der Waals surface area contributed by atoms with E-state index in [-0.39, 0.29) is 11.6 Å². The Morgan fingerprint density at radius 2 is 1.84 bits per heavy atom. The number of nitrogens with zero attached hydrogens (tertiary/aromatic N) is 1. The highest BCUT2D eigenvalue weighted by Gasteiger charge is 2.09. The number of benzene rings is 2. The summed E-state index contributed by atoms with van der Waals surface area (Å²) in [7, 11) is 0. The van der Waals surface area contributed by atoms with Gasteiger partial charge in [-0.25, -0.2) is 8.78 Å². The van der Waals surface area contributed by atoms with Crippen molar-refractivity contribution in [1.82, 2.24) is 4.98 Å². The maximum atomic E-state index is 13.6. The van der Waals surface area contributed by atoms with Crippen molar-refractivity contribution in [3.63, 3.8) is 0 Å². The van der Waals surface area contributed by atoms with Crippen molar-refractivity contribution >= 4 is 28.9 Å². The molecule has 0 aliphatic rings. The average Bonchev–Trinajstić information content (AvgIpc) is 2.59. The van der Waals surface area contributed by atoms with Gasteiger partial charge in [0.25, 0.3) is 0 Å². The third-order valence-electron chi connectivity index (χ3n) is 3.38. The van der Waals surface area contributed by atoms with E-state index < -0.39 is 11.6 Å². The largest absolute Gasteiger partial charge is 0.457 e. The van der Waals surface area contributed by atoms with Gasteiger partial charge >= 0.3 is 0 Å². The molecule has 2 aromatic carbocycles. The minimum absolute atomic E-state index is 0.0529. The van der Waals surface area contributed by atoms with Crippen molar-refractivity contribution in [2.24, 2.45) is 0 Å². The van der Waals surface area contributed by atoms with E-state index in [0.29, 0.717) is 27.8 Å². The van der Waals surface area contributed by atoms with Gasteiger partial charge in [0.1, 0.15) is 23.1 Å². The van der Waals surface area contributed by atoms with E-state index in [1.54, 1.807) is 12.3 Å². The molecule has 0 bridgehead atoms. The number of ether oxygens (including phenoxy) is 1. The van der Waals surface area contributed by atoms with Crippen LogP contribution in [-0.4, -0.2) is 4.98 Å². The van der Waals surface area contributed by atoms with E-state index in [1.807, 2.05) is 0 Å². The molecule has 128 valence electrons. The van der Waals surface area contributed by atoms with Crippen LogP contribution in [0.5, 0.6) is 11.5 Å². The number of halogens is 4. The maximum absolute atomic E-state index is 13.6. The van der Waals surface area contributed by atoms with Gasteiger partial charge in [0.15, 0.2) is 0 Å². The highest BCUT2D eigenvalue weighted by atomic mass is 35.5. The minimum Gasteiger partial charge on any atom is -0.457 e. The Morgan fingerprint density at radius 1 is 1.00 bits per heavy atom. The summed E-state index contributed by atoms with van der Waals surface area (Å²) in [5.41, 5.74) is 1.23. The molecule has 3 rings (SSSR count). The van der Waals surface area contributed by atoms with Gasteiger partial charge in [0, 0.05) is 30.6 Å². The van der Waals surface area contributed by atoms with Gasteiger partial charge < -0.3 is 10.1 Å². The van der Waals surface area contributed by atoms with Crippen LogP contribution in [-0.2, 0) is 6.54 Å². The molecule has 0 saturated carbocycles. The van der Waals surface area contributed by atoms with Crippen LogP contribution in [0.1, 0.15) is 5.56 Å². The summed E-state index contributed by atoms with van der Waals surface area (Å²) in [6.07, 6.45) is 3.10. The maximum Gasteiger partial charge on any atom is 0.142 e. The van der Waals surface area contributed by atoms with Crippen molar-refractivity contribution in [2.45, 2.75) is 6.54 Å². The van der Waals surface area contributed by atoms with E-state index in [2.05, 4.69) is 10.3 Å². The van der Waals surface area contributed by atoms with Crippen LogP contribution in [0, 0.1) is 11.6 Å². The molecule has 0 fully saturated rings. The van der Waals surface area contributed by atoms with Crippen LogP contribution in [0.2, 0.25) is 10.0 Å². The predicted octanol–water partition coefficient (Wildman–Crippen LogP) is 6.07. The third kappa shape index (κ3) is 4.38. The third-order valence-corrected chi connectivity index (χ3v) is 3.97. The number of nitrogens with one attached hydrogen (secondary N) is 1. The van der Waals surface area contributed by atoms with Crippen molar-refractivity contribution in [1.29, 1.82) is 0 Å². The monoisotopic (exact) mass is 380 g/mol. The van der Waals surface area contributed by atoms with Crippen molar-refractivity contribution in [3.8, 4) is 11.5 Å². The summed E-state index contributed by atoms with van der Waals surface area (Å²) in [5.74, 6) is -0.174. The summed E-state index contributed by atoms with van der Waals surface area (Å²) in [6, 6.07) is 9.85. The van der Waals surface area contributed by atoms with Crippen molar-refractivity contribution < 1.29 is 13.5 Å². The van der Waals surface area contributed by atoms with Gasteiger partial charge in [-0.2, -0.15) is 0 Å². The van der Waals surface area contributed by atoms with Gasteiger partial charge in [-0.05, 0) is 36.4 Å². The average molecular weight is 381 g/mol. The zero-order valence-corrected chi connectivity index (χ0v) is 14.3. The van der Waals surface area contributed by atoms with Gasteiger partial charge in [0.2, 0.25) is 0 Å². The van der Waals surface area contributed by atoms with Gasteiger partial charge in [0.05, 0.1) is 15.7 Å². The second-order valence-corrected chi connectivity index (χ2v) is 5.95. The molecule has 3 aromatic rings. The quantitative estimate of drug-likeness (QED) is 0.582. The molecule has 3 nitrogen and oxygen atoms in total. The number of aromatic nitrogens is 1. The second kappa shape index (κ2) is 7.68. The molecule has 0 aliphatic carbocycles. The standard InChI is InChI=1S/C18H12Cl2F2N2O/c19-14-8-13(2-3-16(14)22)25-18-4-1-12(21)7-11(18)9-24-17-5-6-23-10-15(17)20/h1-8,10H,9H2,(H,23,24). The molecule has 0 unspecified atom stereocenters. The fourth-order valence-electron chi connectivity index (χ4n) is 2.16. The van der Waals surface area contributed by atoms with Crippen LogP contribution in [0.25, 0.3) is 0 Å². The van der Waals surface area contributed by atoms with E-state index in [0.717, 1.165) is 0 Å². The summed E-state index contributed by atoms with van der Waals surface area (Å²) in [5, 5.41) is 3.50. The fraction of sp³-hybridized carbons (Fsp3) is 0.0556. The Kier molecular flexibility index (Phi) is 5.36. The molecule has 0 amide bonds. The van der Waals surface area contributed by atoms with E-state index in [4.69, 9.17) is 27.9 Å². The molecule has 0 atom stereocenters. The highest BCUT2D eigenvalue weighted by molar-refractivity contribution is 6.33. The number of hydrogen-bond acceptors (Lipinski definition) is 3. The summed E-state index contributed by atoms with van der Waals surface area (Å²) in [6.45, 7) is 0.270. The normalized spacial score (nSPS) is 10.6. The highest BCUT2D eigenvalue weighted by Crippen LogP contribution is 2.30. The topological polar surface area (TPSA) is 34.1 Å². The Balaban J connectivity index is 1.82. The van der Waals surface area contributed by atoms with Gasteiger partial charge in [-0.15, -0.1) is 0 Å². The number of hydrogen-bond donors (Lipinski definition) is 1. The Hall–Kier alpha value is -2.37. The minimum atomic E-state index is -0.539. The Bertz CT molecular complexity index is 906. The first kappa shape index (κ1) is 17.5. The lowest BCUT2D eigenvalue weighted by molar-refractivity contribution is 0.473. The van der Waals surface area contributed by atoms with Crippen LogP contribution in [0.4, 0.5) is 14.5 Å². The Morgan fingerprint density at radius 3 is 2.60 bits per heavy atom. The molecule has 25 heavy (non-hydrogen) atoms. The molecule has 1 heterocycles. The summed E-state index contributed by atoms with van der Waals surface area (Å²) >= 11 is 11.8. The van der Waals surface area contributed by atoms with Gasteiger partial charge in [-0.1, -0.05) is 23.2 Å². The number of rotatable bonds is 5. The van der Waals surface area contributed by atoms with Crippen LogP contribution < -0.4 is 10.1 Å². The number of pyridine rings is 1. The lowest BCUT2D eigenvalue weighted by atomic mass is 10.2. The first-order valence-corrected chi connectivity index (χ1v) is 8.03. The van der Waals surface area contributed by atoms with E-state index >= 15 is 0 Å². The number of anilines is 1. The molecule has 7 heteroatoms. The lowest BCUT2D eigenvalue weighted by Crippen LogP contribution is -2.03. The molecular weight excluding hydrogens is 369 g/mol. The zero-order valence-electron chi connectivity index (χ0n) is 12.8. The summed E-state index contributed by atoms with van der Waals surface area (Å²) in [4.78, 5) is 3.90. The van der Waals surface area contributed by atoms with Crippen LogP contribution in [0.15, 0.2) is 54.9 Å². The Labute approximate surface area is 153 Å². The lowest BCUT2D eigenvalue weighted by Gasteiger charge is -2.13. The molecule has 1 aromatic heterocycles. The second-order valence-electron chi connectivity index (χ2n) is 5.14. The van der Waals surface area contributed by atoms with Crippen LogP contribution in [0.3, 0.4) is 0 Å². The first-order valence-electron chi connectivity index (χ1n) is 7.27. The molecule has 0 spiro atoms. The smallest absolute Gasteiger partial charge is 0.142 e. The van der Waals surface area contributed by atoms with E-state index in [1.165, 1.54) is 42.6 Å². The molecule has 1 N–H and O–H groups in total. The zero-order chi connectivity index (χ0) is 17.8. The van der Waals surface area contributed by atoms with Gasteiger partial charge in [-0.3, -0.25) is 4.98 Å². The molecule has 0 aliphatic heterocycles. The molecule has 0 saturated heterocycles.